The molecule has 1 rings (SSSR count). The molecule has 0 aliphatic rings. The first-order chi connectivity index (χ1) is 8.91. The minimum Gasteiger partial charge on any atom is -0.362 e. The predicted molar refractivity (Wildman–Crippen MR) is 84.0 cm³/mol. The van der Waals surface area contributed by atoms with Crippen LogP contribution in [0.15, 0.2) is 0 Å². The number of aromatic amines is 1. The Balaban J connectivity index is 2.54. The predicted octanol–water partition coefficient (Wildman–Crippen LogP) is 2.62. The fraction of sp³-hybridized carbons (Fsp3) is 0.750. The van der Waals surface area contributed by atoms with E-state index in [9.17, 15) is 0 Å². The van der Waals surface area contributed by atoms with E-state index >= 15 is 0 Å². The van der Waals surface area contributed by atoms with Gasteiger partial charge in [0.2, 0.25) is 0 Å². The van der Waals surface area contributed by atoms with Crippen LogP contribution in [0.5, 0.6) is 0 Å². The lowest BCUT2D eigenvalue weighted by Crippen LogP contribution is -2.14. The minimum absolute atomic E-state index is 1.16. The summed E-state index contributed by atoms with van der Waals surface area (Å²) in [6, 6.07) is 0. The Morgan fingerprint density at radius 2 is 1.11 bits per heavy atom. The van der Waals surface area contributed by atoms with Crippen molar-refractivity contribution in [1.29, 1.82) is 0 Å². The topological polar surface area (TPSA) is 22.3 Å². The highest BCUT2D eigenvalue weighted by Gasteiger charge is 2.10. The molecular formula is C16H31N3. The number of hydrogen-bond donors (Lipinski definition) is 1. The molecule has 110 valence electrons. The van der Waals surface area contributed by atoms with Gasteiger partial charge in [-0.15, -0.1) is 0 Å². The zero-order valence-electron chi connectivity index (χ0n) is 13.6. The first kappa shape index (κ1) is 16.3. The second-order valence-corrected chi connectivity index (χ2v) is 6.15. The number of H-pyrrole nitrogens is 1. The number of rotatable bonds is 8. The Morgan fingerprint density at radius 1 is 0.737 bits per heavy atom. The maximum atomic E-state index is 3.66. The van der Waals surface area contributed by atoms with E-state index in [0.717, 1.165) is 13.1 Å². The summed E-state index contributed by atoms with van der Waals surface area (Å²) >= 11 is 0. The maximum absolute atomic E-state index is 3.66. The SMILES string of the molecule is Cc1c(CCCN(C)C)[nH]c(CCCN(C)C)c1C. The average molecular weight is 265 g/mol. The summed E-state index contributed by atoms with van der Waals surface area (Å²) in [6.07, 6.45) is 4.78. The lowest BCUT2D eigenvalue weighted by Gasteiger charge is -2.09. The van der Waals surface area contributed by atoms with Crippen molar-refractivity contribution >= 4 is 0 Å². The lowest BCUT2D eigenvalue weighted by atomic mass is 10.1. The van der Waals surface area contributed by atoms with Gasteiger partial charge in [0.05, 0.1) is 0 Å². The van der Waals surface area contributed by atoms with Crippen LogP contribution in [-0.4, -0.2) is 56.1 Å². The molecule has 3 nitrogen and oxygen atoms in total. The molecule has 0 saturated heterocycles. The first-order valence-electron chi connectivity index (χ1n) is 7.38. The third kappa shape index (κ3) is 5.37. The molecule has 1 aromatic rings. The van der Waals surface area contributed by atoms with Gasteiger partial charge < -0.3 is 14.8 Å². The van der Waals surface area contributed by atoms with Crippen molar-refractivity contribution in [1.82, 2.24) is 14.8 Å². The van der Waals surface area contributed by atoms with Gasteiger partial charge >= 0.3 is 0 Å². The molecule has 0 aromatic carbocycles. The molecular weight excluding hydrogens is 234 g/mol. The third-order valence-corrected chi connectivity index (χ3v) is 3.83. The van der Waals surface area contributed by atoms with E-state index in [0.29, 0.717) is 0 Å². The average Bonchev–Trinajstić information content (AvgIpc) is 2.57. The Kier molecular flexibility index (Phi) is 6.59. The van der Waals surface area contributed by atoms with E-state index in [-0.39, 0.29) is 0 Å². The second kappa shape index (κ2) is 7.71. The van der Waals surface area contributed by atoms with Crippen molar-refractivity contribution < 1.29 is 0 Å². The molecule has 3 heteroatoms. The monoisotopic (exact) mass is 265 g/mol. The van der Waals surface area contributed by atoms with Crippen molar-refractivity contribution in [3.63, 3.8) is 0 Å². The van der Waals surface area contributed by atoms with Crippen LogP contribution in [0.1, 0.15) is 35.4 Å². The van der Waals surface area contributed by atoms with Crippen molar-refractivity contribution in [3.05, 3.63) is 22.5 Å². The molecule has 1 N–H and O–H groups in total. The van der Waals surface area contributed by atoms with Gasteiger partial charge in [-0.3, -0.25) is 0 Å². The highest BCUT2D eigenvalue weighted by molar-refractivity contribution is 5.35. The van der Waals surface area contributed by atoms with Crippen molar-refractivity contribution in [2.75, 3.05) is 41.3 Å². The molecule has 0 radical (unpaired) electrons. The van der Waals surface area contributed by atoms with Gasteiger partial charge in [0.15, 0.2) is 0 Å². The highest BCUT2D eigenvalue weighted by Crippen LogP contribution is 2.20. The Hall–Kier alpha value is -0.800. The number of aryl methyl sites for hydroxylation is 2. The summed E-state index contributed by atoms with van der Waals surface area (Å²) in [5.74, 6) is 0. The molecule has 0 aliphatic carbocycles. The number of nitrogens with zero attached hydrogens (tertiary/aromatic N) is 2. The fourth-order valence-electron chi connectivity index (χ4n) is 2.47. The van der Waals surface area contributed by atoms with Crippen LogP contribution in [0.3, 0.4) is 0 Å². The van der Waals surface area contributed by atoms with E-state index in [1.807, 2.05) is 0 Å². The maximum Gasteiger partial charge on any atom is 0.0182 e. The molecule has 0 atom stereocenters. The van der Waals surface area contributed by atoms with E-state index < -0.39 is 0 Å². The lowest BCUT2D eigenvalue weighted by molar-refractivity contribution is 0.398. The molecule has 0 aliphatic heterocycles. The van der Waals surface area contributed by atoms with Gasteiger partial charge in [-0.05, 0) is 91.9 Å². The Bertz CT molecular complexity index is 343. The number of nitrogens with one attached hydrogen (secondary N) is 1. The van der Waals surface area contributed by atoms with Crippen LogP contribution >= 0.6 is 0 Å². The molecule has 0 unspecified atom stereocenters. The highest BCUT2D eigenvalue weighted by atomic mass is 15.0. The molecule has 0 spiro atoms. The van der Waals surface area contributed by atoms with Gasteiger partial charge in [0.1, 0.15) is 0 Å². The summed E-state index contributed by atoms with van der Waals surface area (Å²) in [5, 5.41) is 0. The molecule has 0 amide bonds. The second-order valence-electron chi connectivity index (χ2n) is 6.15. The molecule has 0 saturated carbocycles. The third-order valence-electron chi connectivity index (χ3n) is 3.83. The summed E-state index contributed by atoms with van der Waals surface area (Å²) in [7, 11) is 8.55. The van der Waals surface area contributed by atoms with E-state index in [1.165, 1.54) is 48.2 Å². The van der Waals surface area contributed by atoms with Crippen LogP contribution in [0.25, 0.3) is 0 Å². The molecule has 19 heavy (non-hydrogen) atoms. The fourth-order valence-corrected chi connectivity index (χ4v) is 2.47. The molecule has 1 heterocycles. The zero-order valence-corrected chi connectivity index (χ0v) is 13.6. The van der Waals surface area contributed by atoms with E-state index in [1.54, 1.807) is 0 Å². The first-order valence-corrected chi connectivity index (χ1v) is 7.38. The zero-order chi connectivity index (χ0) is 14.4. The van der Waals surface area contributed by atoms with Crippen LogP contribution in [0.4, 0.5) is 0 Å². The van der Waals surface area contributed by atoms with Crippen molar-refractivity contribution in [2.24, 2.45) is 0 Å². The summed E-state index contributed by atoms with van der Waals surface area (Å²) in [6.45, 7) is 6.83. The normalized spacial score (nSPS) is 11.8. The molecule has 0 fully saturated rings. The minimum atomic E-state index is 1.16. The largest absolute Gasteiger partial charge is 0.362 e. The number of hydrogen-bond acceptors (Lipinski definition) is 2. The Morgan fingerprint density at radius 3 is 1.42 bits per heavy atom. The smallest absolute Gasteiger partial charge is 0.0182 e. The van der Waals surface area contributed by atoms with Crippen molar-refractivity contribution in [2.45, 2.75) is 39.5 Å². The number of aromatic nitrogens is 1. The van der Waals surface area contributed by atoms with Crippen LogP contribution in [-0.2, 0) is 12.8 Å². The summed E-state index contributed by atoms with van der Waals surface area (Å²) in [4.78, 5) is 8.17. The van der Waals surface area contributed by atoms with Gasteiger partial charge in [-0.2, -0.15) is 0 Å². The van der Waals surface area contributed by atoms with E-state index in [4.69, 9.17) is 0 Å². The van der Waals surface area contributed by atoms with Gasteiger partial charge in [0.25, 0.3) is 0 Å². The standard InChI is InChI=1S/C16H31N3/c1-13-14(2)16(10-8-12-19(5)6)17-15(13)9-7-11-18(3)4/h17H,7-12H2,1-6H3. The summed E-state index contributed by atoms with van der Waals surface area (Å²) < 4.78 is 0. The Labute approximate surface area is 119 Å². The summed E-state index contributed by atoms with van der Waals surface area (Å²) in [5.41, 5.74) is 5.83. The van der Waals surface area contributed by atoms with Gasteiger partial charge in [-0.25, -0.2) is 0 Å². The van der Waals surface area contributed by atoms with Crippen LogP contribution in [0.2, 0.25) is 0 Å². The quantitative estimate of drug-likeness (QED) is 0.780. The van der Waals surface area contributed by atoms with Gasteiger partial charge in [-0.1, -0.05) is 0 Å². The molecule has 1 aromatic heterocycles. The van der Waals surface area contributed by atoms with Gasteiger partial charge in [0, 0.05) is 11.4 Å². The van der Waals surface area contributed by atoms with E-state index in [2.05, 4.69) is 56.8 Å². The van der Waals surface area contributed by atoms with Crippen molar-refractivity contribution in [3.8, 4) is 0 Å². The molecule has 0 bridgehead atoms. The van der Waals surface area contributed by atoms with Crippen LogP contribution in [0, 0.1) is 13.8 Å². The van der Waals surface area contributed by atoms with Crippen LogP contribution < -0.4 is 0 Å².